The van der Waals surface area contributed by atoms with Gasteiger partial charge in [0, 0.05) is 48.5 Å². The summed E-state index contributed by atoms with van der Waals surface area (Å²) < 4.78 is 5.42. The molecule has 7 heteroatoms. The molecule has 5 rings (SSSR count). The van der Waals surface area contributed by atoms with E-state index in [0.717, 1.165) is 65.4 Å². The Bertz CT molecular complexity index is 1370. The fraction of sp³-hybridized carbons (Fsp3) is 0.214. The number of H-pyrrole nitrogens is 1. The van der Waals surface area contributed by atoms with Crippen LogP contribution in [0.5, 0.6) is 5.88 Å². The summed E-state index contributed by atoms with van der Waals surface area (Å²) in [6, 6.07) is 22.0. The first-order chi connectivity index (χ1) is 17.0. The minimum Gasteiger partial charge on any atom is -0.494 e. The third kappa shape index (κ3) is 5.36. The molecule has 3 aromatic carbocycles. The number of hydrogen-bond donors (Lipinski definition) is 3. The van der Waals surface area contributed by atoms with E-state index >= 15 is 0 Å². The molecule has 1 aromatic heterocycles. The number of carbonyl (C=O) groups is 1. The Labute approximate surface area is 204 Å². The van der Waals surface area contributed by atoms with Crippen molar-refractivity contribution in [2.75, 3.05) is 36.5 Å². The van der Waals surface area contributed by atoms with Crippen molar-refractivity contribution in [3.8, 4) is 5.88 Å². The lowest BCUT2D eigenvalue weighted by atomic mass is 10.0. The molecule has 4 aromatic rings. The lowest BCUT2D eigenvalue weighted by molar-refractivity contribution is -0.114. The Kier molecular flexibility index (Phi) is 6.50. The van der Waals surface area contributed by atoms with E-state index in [0.29, 0.717) is 12.0 Å². The summed E-state index contributed by atoms with van der Waals surface area (Å²) in [6.07, 6.45) is 2.41. The van der Waals surface area contributed by atoms with Crippen molar-refractivity contribution < 1.29 is 14.6 Å². The van der Waals surface area contributed by atoms with E-state index in [1.807, 2.05) is 48.5 Å². The molecule has 35 heavy (non-hydrogen) atoms. The zero-order chi connectivity index (χ0) is 24.2. The SMILES string of the molecule is CC(=O)Nc1cccc(Cc2ccc3[nH]c(O)c(C=Nc4ccc(N5CCOCC5)cc4)c3c2)c1. The predicted molar refractivity (Wildman–Crippen MR) is 140 cm³/mol. The fourth-order valence-corrected chi connectivity index (χ4v) is 4.39. The minimum absolute atomic E-state index is 0.0916. The van der Waals surface area contributed by atoms with Gasteiger partial charge in [0.2, 0.25) is 5.91 Å². The van der Waals surface area contributed by atoms with Gasteiger partial charge in [-0.25, -0.2) is 0 Å². The van der Waals surface area contributed by atoms with Crippen LogP contribution in [-0.4, -0.2) is 48.5 Å². The number of anilines is 2. The molecule has 0 atom stereocenters. The average molecular weight is 469 g/mol. The van der Waals surface area contributed by atoms with Crippen molar-refractivity contribution in [2.45, 2.75) is 13.3 Å². The molecule has 0 bridgehead atoms. The first kappa shape index (κ1) is 22.7. The van der Waals surface area contributed by atoms with Gasteiger partial charge in [0.15, 0.2) is 5.88 Å². The molecule has 7 nitrogen and oxygen atoms in total. The number of carbonyl (C=O) groups excluding carboxylic acids is 1. The molecule has 1 amide bonds. The van der Waals surface area contributed by atoms with Gasteiger partial charge in [0.1, 0.15) is 0 Å². The smallest absolute Gasteiger partial charge is 0.221 e. The van der Waals surface area contributed by atoms with Gasteiger partial charge in [-0.1, -0.05) is 18.2 Å². The number of aliphatic imine (C=N–C) groups is 1. The van der Waals surface area contributed by atoms with Crippen LogP contribution < -0.4 is 10.2 Å². The minimum atomic E-state index is -0.0916. The molecule has 3 N–H and O–H groups in total. The summed E-state index contributed by atoms with van der Waals surface area (Å²) in [7, 11) is 0. The number of benzene rings is 3. The number of nitrogens with one attached hydrogen (secondary N) is 2. The van der Waals surface area contributed by atoms with Crippen LogP contribution in [0, 0.1) is 0 Å². The molecule has 1 fully saturated rings. The third-order valence-electron chi connectivity index (χ3n) is 6.11. The van der Waals surface area contributed by atoms with Crippen LogP contribution in [0.3, 0.4) is 0 Å². The lowest BCUT2D eigenvalue weighted by Crippen LogP contribution is -2.36. The highest BCUT2D eigenvalue weighted by molar-refractivity contribution is 6.02. The number of fused-ring (bicyclic) bond motifs is 1. The highest BCUT2D eigenvalue weighted by atomic mass is 16.5. The molecular weight excluding hydrogens is 440 g/mol. The highest BCUT2D eigenvalue weighted by Gasteiger charge is 2.12. The normalized spacial score (nSPS) is 14.0. The summed E-state index contributed by atoms with van der Waals surface area (Å²) in [6.45, 7) is 4.79. The van der Waals surface area contributed by atoms with E-state index in [1.54, 1.807) is 6.21 Å². The standard InChI is InChI=1S/C28H28N4O3/c1-19(33)30-23-4-2-3-20(16-23)15-21-5-10-27-25(17-21)26(28(34)31-27)18-29-22-6-8-24(9-7-22)32-11-13-35-14-12-32/h2-10,16-18,31,34H,11-15H2,1H3,(H,30,33). The van der Waals surface area contributed by atoms with Gasteiger partial charge in [-0.05, 0) is 66.1 Å². The Morgan fingerprint density at radius 2 is 1.86 bits per heavy atom. The fourth-order valence-electron chi connectivity index (χ4n) is 4.39. The first-order valence-electron chi connectivity index (χ1n) is 11.7. The summed E-state index contributed by atoms with van der Waals surface area (Å²) >= 11 is 0. The molecule has 0 unspecified atom stereocenters. The van der Waals surface area contributed by atoms with E-state index in [1.165, 1.54) is 6.92 Å². The predicted octanol–water partition coefficient (Wildman–Crippen LogP) is 5.01. The number of rotatable bonds is 6. The van der Waals surface area contributed by atoms with Crippen LogP contribution in [0.2, 0.25) is 0 Å². The largest absolute Gasteiger partial charge is 0.494 e. The summed E-state index contributed by atoms with van der Waals surface area (Å²) in [5.74, 6) is 0.00419. The number of ether oxygens (including phenoxy) is 1. The van der Waals surface area contributed by atoms with Crippen LogP contribution in [0.1, 0.15) is 23.6 Å². The monoisotopic (exact) mass is 468 g/mol. The lowest BCUT2D eigenvalue weighted by Gasteiger charge is -2.28. The molecule has 0 spiro atoms. The van der Waals surface area contributed by atoms with Crippen molar-refractivity contribution in [1.29, 1.82) is 0 Å². The van der Waals surface area contributed by atoms with Crippen LogP contribution in [0.25, 0.3) is 10.9 Å². The van der Waals surface area contributed by atoms with E-state index < -0.39 is 0 Å². The Balaban J connectivity index is 1.36. The van der Waals surface area contributed by atoms with Crippen LogP contribution >= 0.6 is 0 Å². The number of amides is 1. The second kappa shape index (κ2) is 10.0. The van der Waals surface area contributed by atoms with E-state index in [9.17, 15) is 9.90 Å². The highest BCUT2D eigenvalue weighted by Crippen LogP contribution is 2.29. The van der Waals surface area contributed by atoms with Crippen molar-refractivity contribution >= 4 is 40.1 Å². The molecule has 0 radical (unpaired) electrons. The van der Waals surface area contributed by atoms with Gasteiger partial charge in [0.25, 0.3) is 0 Å². The van der Waals surface area contributed by atoms with Crippen LogP contribution in [0.15, 0.2) is 71.7 Å². The van der Waals surface area contributed by atoms with Crippen molar-refractivity contribution in [3.63, 3.8) is 0 Å². The van der Waals surface area contributed by atoms with Gasteiger partial charge in [-0.3, -0.25) is 9.79 Å². The maximum absolute atomic E-state index is 11.4. The van der Waals surface area contributed by atoms with Crippen molar-refractivity contribution in [1.82, 2.24) is 4.98 Å². The van der Waals surface area contributed by atoms with Gasteiger partial charge in [-0.15, -0.1) is 0 Å². The topological polar surface area (TPSA) is 90.0 Å². The number of aromatic nitrogens is 1. The van der Waals surface area contributed by atoms with Crippen molar-refractivity contribution in [3.05, 3.63) is 83.4 Å². The van der Waals surface area contributed by atoms with Gasteiger partial charge < -0.3 is 25.0 Å². The number of nitrogens with zero attached hydrogens (tertiary/aromatic N) is 2. The number of aromatic amines is 1. The first-order valence-corrected chi connectivity index (χ1v) is 11.7. The maximum atomic E-state index is 11.4. The molecule has 0 aliphatic carbocycles. The van der Waals surface area contributed by atoms with Gasteiger partial charge in [-0.2, -0.15) is 0 Å². The molecule has 1 aliphatic heterocycles. The van der Waals surface area contributed by atoms with E-state index in [-0.39, 0.29) is 11.8 Å². The molecule has 1 aliphatic rings. The van der Waals surface area contributed by atoms with Crippen LogP contribution in [0.4, 0.5) is 17.1 Å². The van der Waals surface area contributed by atoms with Crippen LogP contribution in [-0.2, 0) is 16.0 Å². The van der Waals surface area contributed by atoms with E-state index in [2.05, 4.69) is 38.4 Å². The van der Waals surface area contributed by atoms with Gasteiger partial charge in [0.05, 0.1) is 24.5 Å². The number of morpholine rings is 1. The molecule has 2 heterocycles. The molecular formula is C28H28N4O3. The Hall–Kier alpha value is -4.10. The number of hydrogen-bond acceptors (Lipinski definition) is 5. The average Bonchev–Trinajstić information content (AvgIpc) is 3.17. The number of aromatic hydroxyl groups is 1. The summed E-state index contributed by atoms with van der Waals surface area (Å²) in [5.41, 5.74) is 6.46. The van der Waals surface area contributed by atoms with E-state index in [4.69, 9.17) is 4.74 Å². The van der Waals surface area contributed by atoms with Crippen molar-refractivity contribution in [2.24, 2.45) is 4.99 Å². The quantitative estimate of drug-likeness (QED) is 0.347. The van der Waals surface area contributed by atoms with Gasteiger partial charge >= 0.3 is 0 Å². The maximum Gasteiger partial charge on any atom is 0.221 e. The zero-order valence-electron chi connectivity index (χ0n) is 19.6. The molecule has 0 saturated carbocycles. The second-order valence-corrected chi connectivity index (χ2v) is 8.70. The summed E-state index contributed by atoms with van der Waals surface area (Å²) in [4.78, 5) is 21.3. The Morgan fingerprint density at radius 3 is 2.63 bits per heavy atom. The summed E-state index contributed by atoms with van der Waals surface area (Å²) in [5, 5.41) is 14.3. The molecule has 178 valence electrons. The Morgan fingerprint density at radius 1 is 1.09 bits per heavy atom. The molecule has 1 saturated heterocycles. The zero-order valence-corrected chi connectivity index (χ0v) is 19.6. The second-order valence-electron chi connectivity index (χ2n) is 8.70. The third-order valence-corrected chi connectivity index (χ3v) is 6.11.